The van der Waals surface area contributed by atoms with E-state index in [-0.39, 0.29) is 24.3 Å². The van der Waals surface area contributed by atoms with Crippen molar-refractivity contribution in [1.82, 2.24) is 14.6 Å². The van der Waals surface area contributed by atoms with Gasteiger partial charge in [-0.15, -0.1) is 5.10 Å². The van der Waals surface area contributed by atoms with Crippen molar-refractivity contribution in [3.63, 3.8) is 0 Å². The Hall–Kier alpha value is -3.00. The third-order valence-corrected chi connectivity index (χ3v) is 4.58. The van der Waals surface area contributed by atoms with Crippen LogP contribution in [-0.2, 0) is 4.79 Å². The third kappa shape index (κ3) is 2.99. The highest BCUT2D eigenvalue weighted by molar-refractivity contribution is 5.91. The maximum absolute atomic E-state index is 13.6. The Morgan fingerprint density at radius 3 is 3.04 bits per heavy atom. The number of rotatable bonds is 4. The monoisotopic (exact) mass is 354 g/mol. The molecule has 134 valence electrons. The van der Waals surface area contributed by atoms with Gasteiger partial charge in [0.1, 0.15) is 11.6 Å². The molecule has 0 unspecified atom stereocenters. The Morgan fingerprint density at radius 1 is 1.35 bits per heavy atom. The molecule has 0 radical (unpaired) electrons. The van der Waals surface area contributed by atoms with Gasteiger partial charge < -0.3 is 16.0 Å². The van der Waals surface area contributed by atoms with Crippen molar-refractivity contribution >= 4 is 23.2 Å². The molecule has 1 fully saturated rings. The Morgan fingerprint density at radius 2 is 2.23 bits per heavy atom. The lowest BCUT2D eigenvalue weighted by Crippen LogP contribution is -2.25. The van der Waals surface area contributed by atoms with Gasteiger partial charge in [-0.3, -0.25) is 4.79 Å². The zero-order chi connectivity index (χ0) is 18.1. The van der Waals surface area contributed by atoms with E-state index in [1.807, 2.05) is 18.2 Å². The molecular weight excluding hydrogens is 335 g/mol. The van der Waals surface area contributed by atoms with Crippen LogP contribution in [0.3, 0.4) is 0 Å². The molecule has 1 amide bonds. The van der Waals surface area contributed by atoms with Gasteiger partial charge in [0.25, 0.3) is 0 Å². The second-order valence-corrected chi connectivity index (χ2v) is 6.26. The normalized spacial score (nSPS) is 17.0. The number of halogens is 1. The zero-order valence-corrected chi connectivity index (χ0v) is 14.1. The summed E-state index contributed by atoms with van der Waals surface area (Å²) in [5.41, 5.74) is 6.92. The summed E-state index contributed by atoms with van der Waals surface area (Å²) in [6.07, 6.45) is 3.49. The smallest absolute Gasteiger partial charge is 0.239 e. The van der Waals surface area contributed by atoms with Crippen LogP contribution in [-0.4, -0.2) is 33.6 Å². The lowest BCUT2D eigenvalue weighted by molar-refractivity contribution is -0.114. The van der Waals surface area contributed by atoms with Crippen molar-refractivity contribution in [3.8, 4) is 0 Å². The highest BCUT2D eigenvalue weighted by Gasteiger charge is 2.28. The fourth-order valence-electron chi connectivity index (χ4n) is 3.40. The minimum Gasteiger partial charge on any atom is -0.348 e. The average Bonchev–Trinajstić information content (AvgIpc) is 3.28. The number of carbonyl (C=O) groups is 1. The molecule has 1 aliphatic rings. The van der Waals surface area contributed by atoms with Gasteiger partial charge in [-0.05, 0) is 42.7 Å². The SMILES string of the molecule is NCC(=O)Nc1cnc2ccc(N3CCC[C@@H]3c3cccc(F)c3)nn12. The molecule has 8 heteroatoms. The lowest BCUT2D eigenvalue weighted by atomic mass is 10.0. The molecular formula is C18H19FN6O. The van der Waals surface area contributed by atoms with Crippen LogP contribution in [0.25, 0.3) is 5.65 Å². The number of benzene rings is 1. The van der Waals surface area contributed by atoms with E-state index in [0.717, 1.165) is 30.8 Å². The number of nitrogens with one attached hydrogen (secondary N) is 1. The molecule has 3 aromatic rings. The number of hydrogen-bond acceptors (Lipinski definition) is 5. The van der Waals surface area contributed by atoms with Crippen LogP contribution < -0.4 is 16.0 Å². The molecule has 0 aliphatic carbocycles. The minimum absolute atomic E-state index is 0.0706. The first-order valence-electron chi connectivity index (χ1n) is 8.52. The molecule has 0 saturated carbocycles. The Balaban J connectivity index is 1.69. The summed E-state index contributed by atoms with van der Waals surface area (Å²) in [6, 6.07) is 10.5. The topological polar surface area (TPSA) is 88.5 Å². The molecule has 3 N–H and O–H groups in total. The van der Waals surface area contributed by atoms with E-state index in [4.69, 9.17) is 5.73 Å². The van der Waals surface area contributed by atoms with Crippen LogP contribution in [0.4, 0.5) is 16.0 Å². The average molecular weight is 354 g/mol. The molecule has 2 aromatic heterocycles. The molecule has 0 spiro atoms. The molecule has 7 nitrogen and oxygen atoms in total. The van der Waals surface area contributed by atoms with Gasteiger partial charge in [0.05, 0.1) is 18.8 Å². The van der Waals surface area contributed by atoms with Crippen molar-refractivity contribution in [2.45, 2.75) is 18.9 Å². The predicted molar refractivity (Wildman–Crippen MR) is 96.4 cm³/mol. The number of anilines is 2. The van der Waals surface area contributed by atoms with Crippen molar-refractivity contribution in [1.29, 1.82) is 0 Å². The summed E-state index contributed by atoms with van der Waals surface area (Å²) in [7, 11) is 0. The largest absolute Gasteiger partial charge is 0.348 e. The molecule has 3 heterocycles. The Bertz CT molecular complexity index is 956. The number of imidazole rings is 1. The second kappa shape index (κ2) is 6.72. The first-order chi connectivity index (χ1) is 12.7. The van der Waals surface area contributed by atoms with Crippen LogP contribution >= 0.6 is 0 Å². The van der Waals surface area contributed by atoms with Gasteiger partial charge in [0.15, 0.2) is 11.5 Å². The van der Waals surface area contributed by atoms with Gasteiger partial charge in [0.2, 0.25) is 5.91 Å². The summed E-state index contributed by atoms with van der Waals surface area (Å²) < 4.78 is 15.2. The molecule has 26 heavy (non-hydrogen) atoms. The molecule has 1 atom stereocenters. The highest BCUT2D eigenvalue weighted by atomic mass is 19.1. The number of nitrogens with zero attached hydrogens (tertiary/aromatic N) is 4. The first kappa shape index (κ1) is 16.5. The van der Waals surface area contributed by atoms with Crippen LogP contribution in [0.2, 0.25) is 0 Å². The number of carbonyl (C=O) groups excluding carboxylic acids is 1. The summed E-state index contributed by atoms with van der Waals surface area (Å²) in [5, 5.41) is 7.32. The molecule has 1 aromatic carbocycles. The van der Waals surface area contributed by atoms with E-state index in [1.54, 1.807) is 22.8 Å². The Labute approximate surface area is 149 Å². The second-order valence-electron chi connectivity index (χ2n) is 6.26. The maximum Gasteiger partial charge on any atom is 0.239 e. The zero-order valence-electron chi connectivity index (χ0n) is 14.1. The fourth-order valence-corrected chi connectivity index (χ4v) is 3.40. The van der Waals surface area contributed by atoms with Crippen molar-refractivity contribution in [2.75, 3.05) is 23.3 Å². The van der Waals surface area contributed by atoms with Crippen LogP contribution in [0.1, 0.15) is 24.4 Å². The van der Waals surface area contributed by atoms with Crippen LogP contribution in [0, 0.1) is 5.82 Å². The quantitative estimate of drug-likeness (QED) is 0.749. The summed E-state index contributed by atoms with van der Waals surface area (Å²) in [4.78, 5) is 18.0. The van der Waals surface area contributed by atoms with E-state index < -0.39 is 0 Å². The maximum atomic E-state index is 13.6. The van der Waals surface area contributed by atoms with Crippen LogP contribution in [0.5, 0.6) is 0 Å². The van der Waals surface area contributed by atoms with E-state index >= 15 is 0 Å². The minimum atomic E-state index is -0.308. The molecule has 1 saturated heterocycles. The van der Waals surface area contributed by atoms with Gasteiger partial charge in [-0.1, -0.05) is 12.1 Å². The van der Waals surface area contributed by atoms with Gasteiger partial charge in [-0.25, -0.2) is 9.37 Å². The summed E-state index contributed by atoms with van der Waals surface area (Å²) in [5.74, 6) is 0.682. The summed E-state index contributed by atoms with van der Waals surface area (Å²) in [6.45, 7) is 0.722. The molecule has 1 aliphatic heterocycles. The van der Waals surface area contributed by atoms with E-state index in [2.05, 4.69) is 20.3 Å². The van der Waals surface area contributed by atoms with Crippen molar-refractivity contribution < 1.29 is 9.18 Å². The lowest BCUT2D eigenvalue weighted by Gasteiger charge is -2.26. The molecule has 4 rings (SSSR count). The number of amides is 1. The van der Waals surface area contributed by atoms with E-state index in [0.29, 0.717) is 11.5 Å². The van der Waals surface area contributed by atoms with Crippen LogP contribution in [0.15, 0.2) is 42.6 Å². The number of nitrogens with two attached hydrogens (primary N) is 1. The highest BCUT2D eigenvalue weighted by Crippen LogP contribution is 2.35. The standard InChI is InChI=1S/C18H19FN6O/c19-13-4-1-3-12(9-13)14-5-2-8-24(14)16-7-6-15-21-11-17(25(15)23-16)22-18(26)10-20/h1,3-4,6-7,9,11,14H,2,5,8,10,20H2,(H,22,26)/t14-/m1/s1. The van der Waals surface area contributed by atoms with Gasteiger partial charge >= 0.3 is 0 Å². The fraction of sp³-hybridized carbons (Fsp3) is 0.278. The number of fused-ring (bicyclic) bond motifs is 1. The number of aromatic nitrogens is 3. The summed E-state index contributed by atoms with van der Waals surface area (Å²) >= 11 is 0. The van der Waals surface area contributed by atoms with E-state index in [1.165, 1.54) is 6.07 Å². The first-order valence-corrected chi connectivity index (χ1v) is 8.52. The Kier molecular flexibility index (Phi) is 4.26. The third-order valence-electron chi connectivity index (χ3n) is 4.58. The van der Waals surface area contributed by atoms with E-state index in [9.17, 15) is 9.18 Å². The van der Waals surface area contributed by atoms with Gasteiger partial charge in [0, 0.05) is 6.54 Å². The molecule has 0 bridgehead atoms. The van der Waals surface area contributed by atoms with Crippen molar-refractivity contribution in [3.05, 3.63) is 54.0 Å². The van der Waals surface area contributed by atoms with Crippen molar-refractivity contribution in [2.24, 2.45) is 5.73 Å². The van der Waals surface area contributed by atoms with Gasteiger partial charge in [-0.2, -0.15) is 4.52 Å². The predicted octanol–water partition coefficient (Wildman–Crippen LogP) is 2.11. The number of hydrogen-bond donors (Lipinski definition) is 2.